The van der Waals surface area contributed by atoms with E-state index in [1.54, 1.807) is 13.3 Å². The summed E-state index contributed by atoms with van der Waals surface area (Å²) in [6.07, 6.45) is 2.86. The molecule has 1 aromatic rings. The molecule has 0 atom stereocenters. The minimum Gasteiger partial charge on any atom is -0.358 e. The van der Waals surface area contributed by atoms with Gasteiger partial charge in [-0.05, 0) is 13.8 Å². The second-order valence-electron chi connectivity index (χ2n) is 3.56. The largest absolute Gasteiger partial charge is 0.358 e. The molecule has 4 nitrogen and oxygen atoms in total. The van der Waals surface area contributed by atoms with Crippen LogP contribution in [0.3, 0.4) is 0 Å². The Bertz CT molecular complexity index is 378. The molecule has 15 heavy (non-hydrogen) atoms. The second-order valence-corrected chi connectivity index (χ2v) is 3.92. The molecule has 0 saturated carbocycles. The third-order valence-corrected chi connectivity index (χ3v) is 1.90. The predicted molar refractivity (Wildman–Crippen MR) is 59.1 cm³/mol. The Labute approximate surface area is 92.6 Å². The fraction of sp³-hybridized carbons (Fsp3) is 0.444. The average molecular weight is 231 g/mol. The van der Waals surface area contributed by atoms with Crippen molar-refractivity contribution in [3.63, 3.8) is 0 Å². The van der Waals surface area contributed by atoms with Crippen molar-refractivity contribution < 1.29 is 4.39 Å². The fourth-order valence-electron chi connectivity index (χ4n) is 1.10. The molecule has 6 heteroatoms. The van der Waals surface area contributed by atoms with Gasteiger partial charge in [0.25, 0.3) is 0 Å². The third-order valence-electron chi connectivity index (χ3n) is 1.64. The minimum absolute atomic E-state index is 0.0694. The van der Waals surface area contributed by atoms with Crippen molar-refractivity contribution in [3.05, 3.63) is 17.3 Å². The van der Waals surface area contributed by atoms with Crippen molar-refractivity contribution in [1.82, 2.24) is 9.97 Å². The Balaban J connectivity index is 2.94. The monoisotopic (exact) mass is 230 g/mol. The van der Waals surface area contributed by atoms with Gasteiger partial charge < -0.3 is 5.32 Å². The molecular weight excluding hydrogens is 219 g/mol. The second kappa shape index (κ2) is 4.53. The van der Waals surface area contributed by atoms with Crippen molar-refractivity contribution in [1.29, 1.82) is 0 Å². The van der Waals surface area contributed by atoms with Crippen molar-refractivity contribution in [2.24, 2.45) is 4.99 Å². The van der Waals surface area contributed by atoms with E-state index in [2.05, 4.69) is 20.3 Å². The normalized spacial score (nSPS) is 12.1. The van der Waals surface area contributed by atoms with Crippen LogP contribution in [-0.4, -0.2) is 28.8 Å². The standard InChI is InChI=1S/C9H12ClFN4/c1-9(2,4-12-3)15-8-6(11)7(10)13-5-14-8/h4-5H,1-3H3,(H,13,14,15). The molecule has 0 fully saturated rings. The van der Waals surface area contributed by atoms with Crippen molar-refractivity contribution in [2.45, 2.75) is 19.4 Å². The maximum atomic E-state index is 13.4. The highest BCUT2D eigenvalue weighted by Gasteiger charge is 2.18. The summed E-state index contributed by atoms with van der Waals surface area (Å²) in [5.74, 6) is -0.586. The number of aromatic nitrogens is 2. The maximum Gasteiger partial charge on any atom is 0.202 e. The molecule has 0 amide bonds. The van der Waals surface area contributed by atoms with E-state index in [0.717, 1.165) is 0 Å². The van der Waals surface area contributed by atoms with Gasteiger partial charge in [-0.2, -0.15) is 4.39 Å². The number of anilines is 1. The first-order valence-corrected chi connectivity index (χ1v) is 4.71. The van der Waals surface area contributed by atoms with E-state index in [9.17, 15) is 4.39 Å². The topological polar surface area (TPSA) is 50.2 Å². The number of halogens is 2. The maximum absolute atomic E-state index is 13.4. The summed E-state index contributed by atoms with van der Waals surface area (Å²) < 4.78 is 13.4. The predicted octanol–water partition coefficient (Wildman–Crippen LogP) is 2.16. The summed E-state index contributed by atoms with van der Waals surface area (Å²) in [7, 11) is 1.65. The lowest BCUT2D eigenvalue weighted by Crippen LogP contribution is -2.33. The van der Waals surface area contributed by atoms with Crippen LogP contribution in [0.25, 0.3) is 0 Å². The van der Waals surface area contributed by atoms with Gasteiger partial charge in [0.1, 0.15) is 6.33 Å². The smallest absolute Gasteiger partial charge is 0.202 e. The van der Waals surface area contributed by atoms with Crippen LogP contribution in [0.2, 0.25) is 5.15 Å². The van der Waals surface area contributed by atoms with Crippen molar-refractivity contribution in [2.75, 3.05) is 12.4 Å². The number of rotatable bonds is 3. The molecule has 0 bridgehead atoms. The van der Waals surface area contributed by atoms with Gasteiger partial charge in [0, 0.05) is 13.3 Å². The number of nitrogens with one attached hydrogen (secondary N) is 1. The molecule has 1 heterocycles. The van der Waals surface area contributed by atoms with Crippen molar-refractivity contribution >= 4 is 23.6 Å². The number of nitrogens with zero attached hydrogens (tertiary/aromatic N) is 3. The molecule has 0 aliphatic carbocycles. The van der Waals surface area contributed by atoms with E-state index in [0.29, 0.717) is 0 Å². The van der Waals surface area contributed by atoms with Gasteiger partial charge in [0.05, 0.1) is 5.54 Å². The zero-order chi connectivity index (χ0) is 11.5. The molecule has 0 aromatic carbocycles. The van der Waals surface area contributed by atoms with Gasteiger partial charge >= 0.3 is 0 Å². The Morgan fingerprint density at radius 3 is 2.80 bits per heavy atom. The quantitative estimate of drug-likeness (QED) is 0.640. The molecule has 1 aromatic heterocycles. The molecule has 1 N–H and O–H groups in total. The van der Waals surface area contributed by atoms with Gasteiger partial charge in [-0.3, -0.25) is 4.99 Å². The number of aliphatic imine (C=N–C) groups is 1. The Morgan fingerprint density at radius 2 is 2.20 bits per heavy atom. The third kappa shape index (κ3) is 3.13. The Kier molecular flexibility index (Phi) is 3.57. The van der Waals surface area contributed by atoms with Crippen LogP contribution >= 0.6 is 11.6 Å². The van der Waals surface area contributed by atoms with E-state index >= 15 is 0 Å². The highest BCUT2D eigenvalue weighted by Crippen LogP contribution is 2.19. The molecule has 0 unspecified atom stereocenters. The van der Waals surface area contributed by atoms with Gasteiger partial charge in [-0.15, -0.1) is 0 Å². The van der Waals surface area contributed by atoms with E-state index in [1.165, 1.54) is 6.33 Å². The Morgan fingerprint density at radius 1 is 1.53 bits per heavy atom. The van der Waals surface area contributed by atoms with Crippen LogP contribution in [0, 0.1) is 5.82 Å². The summed E-state index contributed by atoms with van der Waals surface area (Å²) in [5.41, 5.74) is -0.493. The average Bonchev–Trinajstić information content (AvgIpc) is 2.12. The summed E-state index contributed by atoms with van der Waals surface area (Å²) in [5, 5.41) is 2.67. The zero-order valence-corrected chi connectivity index (χ0v) is 9.51. The molecule has 82 valence electrons. The molecule has 0 radical (unpaired) electrons. The SMILES string of the molecule is CN=CC(C)(C)Nc1ncnc(Cl)c1F. The first-order chi connectivity index (χ1) is 6.96. The molecule has 0 aliphatic rings. The number of hydrogen-bond acceptors (Lipinski definition) is 4. The van der Waals surface area contributed by atoms with Crippen LogP contribution in [0.5, 0.6) is 0 Å². The fourth-order valence-corrected chi connectivity index (χ4v) is 1.23. The van der Waals surface area contributed by atoms with Crippen LogP contribution in [0.4, 0.5) is 10.2 Å². The van der Waals surface area contributed by atoms with Crippen LogP contribution in [0.1, 0.15) is 13.8 Å². The van der Waals surface area contributed by atoms with Gasteiger partial charge in [0.15, 0.2) is 11.0 Å². The number of hydrogen-bond donors (Lipinski definition) is 1. The van der Waals surface area contributed by atoms with Crippen LogP contribution < -0.4 is 5.32 Å². The zero-order valence-electron chi connectivity index (χ0n) is 8.75. The lowest BCUT2D eigenvalue weighted by atomic mass is 10.1. The molecular formula is C9H12ClFN4. The van der Waals surface area contributed by atoms with Gasteiger partial charge in [-0.25, -0.2) is 9.97 Å². The van der Waals surface area contributed by atoms with E-state index in [1.807, 2.05) is 13.8 Å². The van der Waals surface area contributed by atoms with Gasteiger partial charge in [-0.1, -0.05) is 11.6 Å². The summed E-state index contributed by atoms with van der Waals surface area (Å²) in [4.78, 5) is 11.2. The highest BCUT2D eigenvalue weighted by molar-refractivity contribution is 6.29. The lowest BCUT2D eigenvalue weighted by Gasteiger charge is -2.22. The molecule has 0 spiro atoms. The molecule has 1 rings (SSSR count). The first-order valence-electron chi connectivity index (χ1n) is 4.34. The molecule has 0 saturated heterocycles. The van der Waals surface area contributed by atoms with Crippen LogP contribution in [0.15, 0.2) is 11.3 Å². The summed E-state index contributed by atoms with van der Waals surface area (Å²) in [6.45, 7) is 3.69. The lowest BCUT2D eigenvalue weighted by molar-refractivity contribution is 0.610. The first kappa shape index (κ1) is 11.8. The summed E-state index contributed by atoms with van der Waals surface area (Å²) in [6, 6.07) is 0. The van der Waals surface area contributed by atoms with E-state index < -0.39 is 11.4 Å². The minimum atomic E-state index is -0.656. The van der Waals surface area contributed by atoms with E-state index in [4.69, 9.17) is 11.6 Å². The summed E-state index contributed by atoms with van der Waals surface area (Å²) >= 11 is 5.52. The van der Waals surface area contributed by atoms with Crippen LogP contribution in [-0.2, 0) is 0 Å². The molecule has 0 aliphatic heterocycles. The van der Waals surface area contributed by atoms with Crippen molar-refractivity contribution in [3.8, 4) is 0 Å². The highest BCUT2D eigenvalue weighted by atomic mass is 35.5. The van der Waals surface area contributed by atoms with E-state index in [-0.39, 0.29) is 11.0 Å². The van der Waals surface area contributed by atoms with Gasteiger partial charge in [0.2, 0.25) is 5.82 Å². The Hall–Kier alpha value is -1.23.